The predicted molar refractivity (Wildman–Crippen MR) is 56.8 cm³/mol. The number of nitrogens with zero attached hydrogens (tertiary/aromatic N) is 1. The lowest BCUT2D eigenvalue weighted by atomic mass is 10.4. The van der Waals surface area contributed by atoms with Crippen LogP contribution in [-0.2, 0) is 14.3 Å². The first-order valence-electron chi connectivity index (χ1n) is 4.56. The van der Waals surface area contributed by atoms with Crippen molar-refractivity contribution in [1.82, 2.24) is 0 Å². The molecule has 0 atom stereocenters. The fourth-order valence-electron chi connectivity index (χ4n) is 0.554. The second-order valence-electron chi connectivity index (χ2n) is 4.26. The van der Waals surface area contributed by atoms with Crippen molar-refractivity contribution >= 4 is 18.1 Å². The van der Waals surface area contributed by atoms with Gasteiger partial charge in [-0.25, -0.2) is 9.59 Å². The van der Waals surface area contributed by atoms with Crippen LogP contribution in [0, 0.1) is 0 Å². The highest BCUT2D eigenvalue weighted by molar-refractivity contribution is 5.93. The molecule has 0 saturated carbocycles. The van der Waals surface area contributed by atoms with Gasteiger partial charge in [0.2, 0.25) is 0 Å². The van der Waals surface area contributed by atoms with Crippen LogP contribution < -0.4 is 5.11 Å². The van der Waals surface area contributed by atoms with Crippen LogP contribution in [0.5, 0.6) is 0 Å². The number of hydrogen-bond donors (Lipinski definition) is 1. The van der Waals surface area contributed by atoms with E-state index in [1.807, 2.05) is 0 Å². The normalized spacial score (nSPS) is 9.65. The Morgan fingerprint density at radius 2 is 1.71 bits per heavy atom. The minimum atomic E-state index is -1.61. The number of carboxylic acid groups (broad SMARTS) is 2. The quantitative estimate of drug-likeness (QED) is 0.304. The molecular weight excluding hydrogens is 230 g/mol. The van der Waals surface area contributed by atoms with Gasteiger partial charge in [-0.1, -0.05) is 6.58 Å². The first-order valence-corrected chi connectivity index (χ1v) is 4.56. The highest BCUT2D eigenvalue weighted by atomic mass is 16.7. The fourth-order valence-corrected chi connectivity index (χ4v) is 0.554. The van der Waals surface area contributed by atoms with Crippen LogP contribution in [0.3, 0.4) is 0 Å². The van der Waals surface area contributed by atoms with Gasteiger partial charge in [0.05, 0.1) is 27.1 Å². The van der Waals surface area contributed by atoms with Crippen LogP contribution in [0.25, 0.3) is 0 Å². The van der Waals surface area contributed by atoms with Crippen molar-refractivity contribution in [2.45, 2.75) is 6.92 Å². The number of likely N-dealkylation sites (N-methyl/N-ethyl adjacent to an activating group) is 1. The maximum absolute atomic E-state index is 10.3. The molecule has 0 aromatic carbocycles. The van der Waals surface area contributed by atoms with Gasteiger partial charge in [0.15, 0.2) is 0 Å². The summed E-state index contributed by atoms with van der Waals surface area (Å²) >= 11 is 0. The van der Waals surface area contributed by atoms with E-state index in [2.05, 4.69) is 11.3 Å². The second-order valence-corrected chi connectivity index (χ2v) is 4.26. The van der Waals surface area contributed by atoms with Crippen molar-refractivity contribution in [1.29, 1.82) is 0 Å². The third-order valence-corrected chi connectivity index (χ3v) is 1.13. The summed E-state index contributed by atoms with van der Waals surface area (Å²) in [7, 11) is 5.40. The van der Waals surface area contributed by atoms with Crippen LogP contribution >= 0.6 is 0 Å². The molecule has 0 aliphatic carbocycles. The number of carboxylic acids is 1. The Labute approximate surface area is 99.5 Å². The Balaban J connectivity index is 0. The summed E-state index contributed by atoms with van der Waals surface area (Å²) in [5, 5.41) is 17.7. The van der Waals surface area contributed by atoms with Crippen molar-refractivity contribution in [2.24, 2.45) is 0 Å². The molecule has 0 aromatic heterocycles. The smallest absolute Gasteiger partial charge is 0.513 e. The summed E-state index contributed by atoms with van der Waals surface area (Å²) in [6.07, 6.45) is -1.61. The summed E-state index contributed by atoms with van der Waals surface area (Å²) in [4.78, 5) is 29.8. The van der Waals surface area contributed by atoms with Gasteiger partial charge in [-0.15, -0.1) is 0 Å². The van der Waals surface area contributed by atoms with Gasteiger partial charge in [0.25, 0.3) is 0 Å². The van der Waals surface area contributed by atoms with Gasteiger partial charge in [-0.3, -0.25) is 0 Å². The number of quaternary nitrogens is 1. The first kappa shape index (κ1) is 17.5. The fraction of sp³-hybridized carbons (Fsp3) is 0.500. The second kappa shape index (κ2) is 7.39. The van der Waals surface area contributed by atoms with Crippen molar-refractivity contribution in [3.05, 3.63) is 12.2 Å². The van der Waals surface area contributed by atoms with E-state index in [1.54, 1.807) is 21.1 Å². The molecule has 0 heterocycles. The molecular formula is C10H17NO6. The monoisotopic (exact) mass is 247 g/mol. The SMILES string of the molecule is C=C(C)C(=O)OC(=O)O.C[N+](C)(C)CC(=O)[O-]. The number of hydrogen-bond acceptors (Lipinski definition) is 5. The first-order chi connectivity index (χ1) is 7.45. The molecule has 0 rings (SSSR count). The van der Waals surface area contributed by atoms with Crippen molar-refractivity contribution in [3.8, 4) is 0 Å². The van der Waals surface area contributed by atoms with Gasteiger partial charge < -0.3 is 24.2 Å². The van der Waals surface area contributed by atoms with E-state index in [9.17, 15) is 19.5 Å². The number of aliphatic carboxylic acids is 1. The van der Waals surface area contributed by atoms with Gasteiger partial charge in [-0.2, -0.15) is 0 Å². The summed E-state index contributed by atoms with van der Waals surface area (Å²) < 4.78 is 4.11. The van der Waals surface area contributed by atoms with E-state index in [1.165, 1.54) is 6.92 Å². The van der Waals surface area contributed by atoms with Crippen LogP contribution in [0.1, 0.15) is 6.92 Å². The molecule has 0 unspecified atom stereocenters. The van der Waals surface area contributed by atoms with Gasteiger partial charge in [-0.05, 0) is 6.92 Å². The number of carbonyl (C=O) groups is 3. The van der Waals surface area contributed by atoms with E-state index < -0.39 is 18.1 Å². The van der Waals surface area contributed by atoms with Crippen LogP contribution in [0.15, 0.2) is 12.2 Å². The molecule has 7 heteroatoms. The van der Waals surface area contributed by atoms with E-state index in [-0.39, 0.29) is 12.1 Å². The summed E-state index contributed by atoms with van der Waals surface area (Å²) in [6.45, 7) is 4.61. The van der Waals surface area contributed by atoms with Gasteiger partial charge >= 0.3 is 12.1 Å². The number of carbonyl (C=O) groups excluding carboxylic acids is 2. The van der Waals surface area contributed by atoms with E-state index in [0.29, 0.717) is 4.48 Å². The zero-order valence-corrected chi connectivity index (χ0v) is 10.3. The number of rotatable bonds is 3. The maximum atomic E-state index is 10.3. The highest BCUT2D eigenvalue weighted by Crippen LogP contribution is 1.90. The maximum Gasteiger partial charge on any atom is 0.513 e. The summed E-state index contributed by atoms with van der Waals surface area (Å²) in [5.41, 5.74) is 0.0670. The minimum Gasteiger partial charge on any atom is -0.544 e. The zero-order valence-electron chi connectivity index (χ0n) is 10.3. The van der Waals surface area contributed by atoms with Crippen molar-refractivity contribution < 1.29 is 33.8 Å². The van der Waals surface area contributed by atoms with Crippen molar-refractivity contribution in [3.63, 3.8) is 0 Å². The molecule has 0 saturated heterocycles. The number of esters is 1. The van der Waals surface area contributed by atoms with Crippen molar-refractivity contribution in [2.75, 3.05) is 27.7 Å². The lowest BCUT2D eigenvalue weighted by molar-refractivity contribution is -0.864. The predicted octanol–water partition coefficient (Wildman–Crippen LogP) is -0.774. The van der Waals surface area contributed by atoms with Gasteiger partial charge in [0.1, 0.15) is 6.54 Å². The average molecular weight is 247 g/mol. The molecule has 0 aliphatic heterocycles. The molecule has 0 fully saturated rings. The largest absolute Gasteiger partial charge is 0.544 e. The Kier molecular flexibility index (Phi) is 7.61. The van der Waals surface area contributed by atoms with E-state index in [4.69, 9.17) is 5.11 Å². The molecule has 98 valence electrons. The molecule has 7 nitrogen and oxygen atoms in total. The van der Waals surface area contributed by atoms with Crippen LogP contribution in [0.4, 0.5) is 4.79 Å². The standard InChI is InChI=1S/C5H11NO2.C5H6O4/c1-6(2,3)4-5(7)8;1-3(2)4(6)9-5(7)8/h4H2,1-3H3;1H2,2H3,(H,7,8). The third kappa shape index (κ3) is 16.8. The summed E-state index contributed by atoms with van der Waals surface area (Å²) in [6, 6.07) is 0. The summed E-state index contributed by atoms with van der Waals surface area (Å²) in [5.74, 6) is -1.92. The van der Waals surface area contributed by atoms with E-state index in [0.717, 1.165) is 0 Å². The zero-order chi connectivity index (χ0) is 14.2. The number of ether oxygens (including phenoxy) is 1. The highest BCUT2D eigenvalue weighted by Gasteiger charge is 2.07. The molecule has 0 radical (unpaired) electrons. The molecule has 17 heavy (non-hydrogen) atoms. The topological polar surface area (TPSA) is 104 Å². The third-order valence-electron chi connectivity index (χ3n) is 1.13. The average Bonchev–Trinajstić information content (AvgIpc) is 1.98. The molecule has 1 N–H and O–H groups in total. The Hall–Kier alpha value is -1.89. The molecule has 0 aromatic rings. The molecule has 0 spiro atoms. The lowest BCUT2D eigenvalue weighted by Crippen LogP contribution is -2.45. The Morgan fingerprint density at radius 3 is 1.76 bits per heavy atom. The Bertz CT molecular complexity index is 315. The van der Waals surface area contributed by atoms with Gasteiger partial charge in [0, 0.05) is 5.57 Å². The van der Waals surface area contributed by atoms with Crippen LogP contribution in [-0.4, -0.2) is 55.4 Å². The lowest BCUT2D eigenvalue weighted by Gasteiger charge is -2.23. The molecule has 0 amide bonds. The molecule has 0 bridgehead atoms. The van der Waals surface area contributed by atoms with E-state index >= 15 is 0 Å². The van der Waals surface area contributed by atoms with Crippen LogP contribution in [0.2, 0.25) is 0 Å². The molecule has 0 aliphatic rings. The minimum absolute atomic E-state index is 0.0670. The Morgan fingerprint density at radius 1 is 1.29 bits per heavy atom.